The van der Waals surface area contributed by atoms with Gasteiger partial charge in [-0.2, -0.15) is 16.4 Å². The fraction of sp³-hybridized carbons (Fsp3) is 0.417. The first-order chi connectivity index (χ1) is 8.33. The molecule has 6 heteroatoms. The number of thiophene rings is 1. The van der Waals surface area contributed by atoms with Gasteiger partial charge in [0.1, 0.15) is 0 Å². The molecular weight excluding hydrogens is 268 g/mol. The molecule has 0 saturated carbocycles. The molecule has 1 aliphatic rings. The SMILES string of the molecule is Cl.N[C@@H]1CCN(Cc2cn[nH]c2-c2ccsc2)C1. The Morgan fingerprint density at radius 3 is 3.11 bits per heavy atom. The highest BCUT2D eigenvalue weighted by molar-refractivity contribution is 7.08. The van der Waals surface area contributed by atoms with Crippen molar-refractivity contribution < 1.29 is 0 Å². The Kier molecular flexibility index (Phi) is 4.40. The maximum Gasteiger partial charge on any atom is 0.0703 e. The smallest absolute Gasteiger partial charge is 0.0703 e. The van der Waals surface area contributed by atoms with E-state index in [2.05, 4.69) is 31.9 Å². The second-order valence-electron chi connectivity index (χ2n) is 4.57. The van der Waals surface area contributed by atoms with Crippen LogP contribution in [0.5, 0.6) is 0 Å². The number of hydrogen-bond acceptors (Lipinski definition) is 4. The Balaban J connectivity index is 0.00000120. The number of H-pyrrole nitrogens is 1. The Labute approximate surface area is 117 Å². The van der Waals surface area contributed by atoms with Crippen molar-refractivity contribution in [1.29, 1.82) is 0 Å². The van der Waals surface area contributed by atoms with Crippen LogP contribution in [0.25, 0.3) is 11.3 Å². The molecule has 3 rings (SSSR count). The van der Waals surface area contributed by atoms with Gasteiger partial charge in [-0.3, -0.25) is 10.00 Å². The maximum atomic E-state index is 5.92. The number of aromatic amines is 1. The molecule has 0 aromatic carbocycles. The second-order valence-corrected chi connectivity index (χ2v) is 5.35. The summed E-state index contributed by atoms with van der Waals surface area (Å²) >= 11 is 1.71. The fourth-order valence-corrected chi connectivity index (χ4v) is 2.98. The van der Waals surface area contributed by atoms with Crippen LogP contribution in [0.4, 0.5) is 0 Å². The molecule has 2 aromatic heterocycles. The Morgan fingerprint density at radius 1 is 1.56 bits per heavy atom. The van der Waals surface area contributed by atoms with E-state index in [1.807, 2.05) is 6.20 Å². The van der Waals surface area contributed by atoms with E-state index in [1.54, 1.807) is 11.3 Å². The summed E-state index contributed by atoms with van der Waals surface area (Å²) in [6.07, 6.45) is 3.03. The number of nitrogens with one attached hydrogen (secondary N) is 1. The Bertz CT molecular complexity index is 482. The number of hydrogen-bond donors (Lipinski definition) is 2. The zero-order valence-corrected chi connectivity index (χ0v) is 11.6. The van der Waals surface area contributed by atoms with Gasteiger partial charge in [0, 0.05) is 42.2 Å². The lowest BCUT2D eigenvalue weighted by Gasteiger charge is -2.14. The third-order valence-corrected chi connectivity index (χ3v) is 3.91. The summed E-state index contributed by atoms with van der Waals surface area (Å²) in [5.41, 5.74) is 9.56. The second kappa shape index (κ2) is 5.84. The number of rotatable bonds is 3. The lowest BCUT2D eigenvalue weighted by molar-refractivity contribution is 0.327. The summed E-state index contributed by atoms with van der Waals surface area (Å²) in [4.78, 5) is 2.39. The molecule has 1 fully saturated rings. The molecule has 0 aliphatic carbocycles. The number of likely N-dealkylation sites (tertiary alicyclic amines) is 1. The zero-order chi connectivity index (χ0) is 11.7. The predicted molar refractivity (Wildman–Crippen MR) is 77.0 cm³/mol. The summed E-state index contributed by atoms with van der Waals surface area (Å²) < 4.78 is 0. The van der Waals surface area contributed by atoms with Crippen molar-refractivity contribution in [2.24, 2.45) is 5.73 Å². The molecule has 3 N–H and O–H groups in total. The highest BCUT2D eigenvalue weighted by Crippen LogP contribution is 2.25. The molecule has 0 amide bonds. The fourth-order valence-electron chi connectivity index (χ4n) is 2.33. The molecule has 1 atom stereocenters. The van der Waals surface area contributed by atoms with Gasteiger partial charge in [0.25, 0.3) is 0 Å². The lowest BCUT2D eigenvalue weighted by Crippen LogP contribution is -2.26. The first-order valence-electron chi connectivity index (χ1n) is 5.85. The highest BCUT2D eigenvalue weighted by atomic mass is 35.5. The monoisotopic (exact) mass is 284 g/mol. The van der Waals surface area contributed by atoms with Crippen LogP contribution in [0.15, 0.2) is 23.0 Å². The molecule has 4 nitrogen and oxygen atoms in total. The molecule has 0 spiro atoms. The van der Waals surface area contributed by atoms with Crippen LogP contribution in [0.1, 0.15) is 12.0 Å². The Morgan fingerprint density at radius 2 is 2.44 bits per heavy atom. The van der Waals surface area contributed by atoms with E-state index in [0.717, 1.165) is 31.7 Å². The van der Waals surface area contributed by atoms with Crippen LogP contribution in [0.3, 0.4) is 0 Å². The molecule has 3 heterocycles. The summed E-state index contributed by atoms with van der Waals surface area (Å²) in [6.45, 7) is 3.03. The number of nitrogens with zero attached hydrogens (tertiary/aromatic N) is 2. The number of halogens is 1. The van der Waals surface area contributed by atoms with E-state index in [0.29, 0.717) is 6.04 Å². The van der Waals surface area contributed by atoms with Crippen molar-refractivity contribution in [3.8, 4) is 11.3 Å². The van der Waals surface area contributed by atoms with Crippen molar-refractivity contribution >= 4 is 23.7 Å². The van der Waals surface area contributed by atoms with E-state index >= 15 is 0 Å². The molecule has 98 valence electrons. The maximum absolute atomic E-state index is 5.92. The van der Waals surface area contributed by atoms with Gasteiger partial charge >= 0.3 is 0 Å². The van der Waals surface area contributed by atoms with Crippen LogP contribution in [0, 0.1) is 0 Å². The van der Waals surface area contributed by atoms with Crippen molar-refractivity contribution in [3.63, 3.8) is 0 Å². The van der Waals surface area contributed by atoms with Crippen molar-refractivity contribution in [3.05, 3.63) is 28.6 Å². The van der Waals surface area contributed by atoms with Gasteiger partial charge in [0.2, 0.25) is 0 Å². The molecule has 18 heavy (non-hydrogen) atoms. The van der Waals surface area contributed by atoms with E-state index in [4.69, 9.17) is 5.73 Å². The predicted octanol–water partition coefficient (Wildman–Crippen LogP) is 2.09. The third-order valence-electron chi connectivity index (χ3n) is 3.23. The van der Waals surface area contributed by atoms with Gasteiger partial charge in [-0.05, 0) is 17.9 Å². The van der Waals surface area contributed by atoms with E-state index in [-0.39, 0.29) is 12.4 Å². The largest absolute Gasteiger partial charge is 0.326 e. The van der Waals surface area contributed by atoms with Crippen LogP contribution in [-0.4, -0.2) is 34.2 Å². The van der Waals surface area contributed by atoms with E-state index < -0.39 is 0 Å². The van der Waals surface area contributed by atoms with Crippen molar-refractivity contribution in [2.45, 2.75) is 19.0 Å². The van der Waals surface area contributed by atoms with Crippen LogP contribution in [0.2, 0.25) is 0 Å². The topological polar surface area (TPSA) is 57.9 Å². The van der Waals surface area contributed by atoms with Gasteiger partial charge in [-0.1, -0.05) is 0 Å². The van der Waals surface area contributed by atoms with E-state index in [9.17, 15) is 0 Å². The average Bonchev–Trinajstić information content (AvgIpc) is 3.00. The first kappa shape index (κ1) is 13.5. The minimum absolute atomic E-state index is 0. The minimum Gasteiger partial charge on any atom is -0.326 e. The molecule has 2 aromatic rings. The summed E-state index contributed by atoms with van der Waals surface area (Å²) in [5.74, 6) is 0. The summed E-state index contributed by atoms with van der Waals surface area (Å²) in [5, 5.41) is 11.5. The minimum atomic E-state index is 0. The van der Waals surface area contributed by atoms with Gasteiger partial charge in [0.15, 0.2) is 0 Å². The summed E-state index contributed by atoms with van der Waals surface area (Å²) in [6, 6.07) is 2.46. The highest BCUT2D eigenvalue weighted by Gasteiger charge is 2.20. The molecule has 0 bridgehead atoms. The molecule has 1 saturated heterocycles. The normalized spacial score (nSPS) is 19.9. The van der Waals surface area contributed by atoms with Gasteiger partial charge in [0.05, 0.1) is 11.9 Å². The van der Waals surface area contributed by atoms with Gasteiger partial charge in [-0.15, -0.1) is 12.4 Å². The van der Waals surface area contributed by atoms with E-state index in [1.165, 1.54) is 11.1 Å². The number of nitrogens with two attached hydrogens (primary N) is 1. The quantitative estimate of drug-likeness (QED) is 0.907. The standard InChI is InChI=1S/C12H16N4S.ClH/c13-11-1-3-16(7-11)6-10-5-14-15-12(10)9-2-4-17-8-9;/h2,4-5,8,11H,1,3,6-7,13H2,(H,14,15);1H/t11-;/m1./s1. The molecule has 0 radical (unpaired) electrons. The first-order valence-corrected chi connectivity index (χ1v) is 6.80. The molecule has 1 aliphatic heterocycles. The van der Waals surface area contributed by atoms with Crippen LogP contribution in [-0.2, 0) is 6.54 Å². The van der Waals surface area contributed by atoms with Crippen LogP contribution >= 0.6 is 23.7 Å². The number of aromatic nitrogens is 2. The van der Waals surface area contributed by atoms with Crippen LogP contribution < -0.4 is 5.73 Å². The average molecular weight is 285 g/mol. The molecular formula is C12H17ClN4S. The van der Waals surface area contributed by atoms with Crippen molar-refractivity contribution in [2.75, 3.05) is 13.1 Å². The van der Waals surface area contributed by atoms with Crippen molar-refractivity contribution in [1.82, 2.24) is 15.1 Å². The lowest BCUT2D eigenvalue weighted by atomic mass is 10.1. The summed E-state index contributed by atoms with van der Waals surface area (Å²) in [7, 11) is 0. The zero-order valence-electron chi connectivity index (χ0n) is 10.0. The van der Waals surface area contributed by atoms with Gasteiger partial charge in [-0.25, -0.2) is 0 Å². The van der Waals surface area contributed by atoms with Gasteiger partial charge < -0.3 is 5.73 Å². The molecule has 0 unspecified atom stereocenters. The third kappa shape index (κ3) is 2.75. The Hall–Kier alpha value is -0.880.